The second-order valence-corrected chi connectivity index (χ2v) is 10.5. The molecule has 5 heterocycles. The Morgan fingerprint density at radius 1 is 1.17 bits per heavy atom. The Balaban J connectivity index is 1.46. The zero-order chi connectivity index (χ0) is 28.2. The molecular weight excluding hydrogens is 528 g/mol. The van der Waals surface area contributed by atoms with E-state index in [1.165, 1.54) is 36.7 Å². The lowest BCUT2D eigenvalue weighted by Crippen LogP contribution is -2.51. The molecule has 3 aromatic heterocycles. The number of phenolic OH excluding ortho intramolecular Hbond substituents is 1. The van der Waals surface area contributed by atoms with Crippen LogP contribution in [0.25, 0.3) is 32.8 Å². The molecule has 2 bridgehead atoms. The third-order valence-electron chi connectivity index (χ3n) is 7.95. The summed E-state index contributed by atoms with van der Waals surface area (Å²) < 4.78 is 42.9. The van der Waals surface area contributed by atoms with Crippen LogP contribution < -0.4 is 15.0 Å². The second-order valence-electron chi connectivity index (χ2n) is 10.5. The molecule has 2 unspecified atom stereocenters. The first-order valence-electron chi connectivity index (χ1n) is 13.3. The zero-order valence-electron chi connectivity index (χ0n) is 22.1. The lowest BCUT2D eigenvalue weighted by atomic mass is 9.95. The first-order chi connectivity index (χ1) is 19.9. The minimum Gasteiger partial charge on any atom is -0.508 e. The van der Waals surface area contributed by atoms with E-state index in [0.29, 0.717) is 58.6 Å². The minimum atomic E-state index is -0.651. The topological polar surface area (TPSA) is 96.5 Å². The van der Waals surface area contributed by atoms with Crippen molar-refractivity contribution >= 4 is 27.4 Å². The normalized spacial score (nSPS) is 18.2. The van der Waals surface area contributed by atoms with Gasteiger partial charge in [0.2, 0.25) is 11.8 Å². The predicted molar refractivity (Wildman–Crippen MR) is 150 cm³/mol. The van der Waals surface area contributed by atoms with Gasteiger partial charge >= 0.3 is 0 Å². The summed E-state index contributed by atoms with van der Waals surface area (Å²) in [5.41, 5.74) is 0.548. The molecular formula is C31H25F2N5O3. The zero-order valence-corrected chi connectivity index (χ0v) is 22.1. The van der Waals surface area contributed by atoms with Crippen molar-refractivity contribution < 1.29 is 23.0 Å². The number of halogens is 2. The molecule has 5 aromatic rings. The summed E-state index contributed by atoms with van der Waals surface area (Å²) in [4.78, 5) is 15.6. The lowest BCUT2D eigenvalue weighted by molar-refractivity contribution is 0.252. The van der Waals surface area contributed by atoms with Gasteiger partial charge in [0.1, 0.15) is 29.3 Å². The number of aryl methyl sites for hydroxylation is 1. The number of fused-ring (bicyclic) bond motifs is 4. The van der Waals surface area contributed by atoms with Crippen LogP contribution in [0.2, 0.25) is 0 Å². The van der Waals surface area contributed by atoms with Crippen LogP contribution in [0.1, 0.15) is 29.9 Å². The number of pyridine rings is 2. The smallest absolute Gasteiger partial charge is 0.232 e. The predicted octanol–water partition coefficient (Wildman–Crippen LogP) is 5.23. The van der Waals surface area contributed by atoms with Crippen molar-refractivity contribution in [2.45, 2.75) is 38.5 Å². The molecule has 7 rings (SSSR count). The van der Waals surface area contributed by atoms with E-state index >= 15 is 4.39 Å². The minimum absolute atomic E-state index is 0.0140. The van der Waals surface area contributed by atoms with E-state index in [1.54, 1.807) is 13.1 Å². The van der Waals surface area contributed by atoms with E-state index in [9.17, 15) is 9.50 Å². The number of aromatic nitrogens is 3. The molecule has 0 aliphatic carbocycles. The second kappa shape index (κ2) is 9.71. The Kier molecular flexibility index (Phi) is 5.98. The summed E-state index contributed by atoms with van der Waals surface area (Å²) in [6.45, 7) is 3.17. The number of nitrogens with one attached hydrogen (secondary N) is 1. The number of nitrogens with zero attached hydrogens (tertiary/aromatic N) is 4. The van der Waals surface area contributed by atoms with E-state index in [1.807, 2.05) is 0 Å². The first kappa shape index (κ1) is 25.2. The van der Waals surface area contributed by atoms with Gasteiger partial charge in [-0.3, -0.25) is 4.98 Å². The Labute approximate surface area is 234 Å². The van der Waals surface area contributed by atoms with Gasteiger partial charge in [0, 0.05) is 58.7 Å². The van der Waals surface area contributed by atoms with Gasteiger partial charge in [0.15, 0.2) is 12.4 Å². The Morgan fingerprint density at radius 3 is 2.71 bits per heavy atom. The molecule has 0 spiro atoms. The van der Waals surface area contributed by atoms with E-state index < -0.39 is 11.6 Å². The maximum atomic E-state index is 16.8. The van der Waals surface area contributed by atoms with Gasteiger partial charge in [-0.2, -0.15) is 4.98 Å². The number of terminal acetylenes is 1. The van der Waals surface area contributed by atoms with Crippen molar-refractivity contribution in [3.8, 4) is 35.2 Å². The van der Waals surface area contributed by atoms with Crippen LogP contribution in [0.3, 0.4) is 0 Å². The van der Waals surface area contributed by atoms with E-state index in [2.05, 4.69) is 26.1 Å². The Morgan fingerprint density at radius 2 is 1.98 bits per heavy atom. The highest BCUT2D eigenvalue weighted by Gasteiger charge is 2.34. The van der Waals surface area contributed by atoms with Crippen LogP contribution in [0, 0.1) is 30.9 Å². The quantitative estimate of drug-likeness (QED) is 0.286. The van der Waals surface area contributed by atoms with Gasteiger partial charge in [-0.15, -0.1) is 6.42 Å². The number of hydrogen-bond donors (Lipinski definition) is 2. The SMILES string of the molecule is C#Cc1c(F)ccc2cc(O)cc(-c3ncc4c(N5CC6CCC(C5)N6)nc(OCc5ncco5)c(C)c4c3F)c12. The van der Waals surface area contributed by atoms with Crippen molar-refractivity contribution in [1.82, 2.24) is 20.3 Å². The molecule has 8 nitrogen and oxygen atoms in total. The standard InChI is InChI=1S/C31H25F2N5O3/c1-3-21-24(32)7-4-17-10-20(39)11-22(27(17)21)29-28(33)26-16(2)31(41-15-25-34-8-9-40-25)37-30(23(26)12-35-29)38-13-18-5-6-19(14-38)36-18/h1,4,7-12,18-19,36,39H,5-6,13-15H2,2H3. The number of ether oxygens (including phenoxy) is 1. The van der Waals surface area contributed by atoms with Gasteiger partial charge in [-0.1, -0.05) is 12.0 Å². The number of anilines is 1. The molecule has 206 valence electrons. The van der Waals surface area contributed by atoms with Crippen molar-refractivity contribution in [1.29, 1.82) is 0 Å². The van der Waals surface area contributed by atoms with Gasteiger partial charge in [-0.05, 0) is 43.4 Å². The van der Waals surface area contributed by atoms with Crippen LogP contribution in [0.5, 0.6) is 11.6 Å². The number of phenols is 1. The van der Waals surface area contributed by atoms with Gasteiger partial charge in [0.05, 0.1) is 11.8 Å². The Bertz CT molecular complexity index is 1860. The van der Waals surface area contributed by atoms with Crippen LogP contribution in [0.15, 0.2) is 47.3 Å². The van der Waals surface area contributed by atoms with E-state index in [-0.39, 0.29) is 40.4 Å². The average Bonchev–Trinajstić information content (AvgIpc) is 3.61. The molecule has 2 atom stereocenters. The average molecular weight is 554 g/mol. The van der Waals surface area contributed by atoms with E-state index in [4.69, 9.17) is 20.6 Å². The molecule has 2 aromatic carbocycles. The molecule has 41 heavy (non-hydrogen) atoms. The van der Waals surface area contributed by atoms with Crippen LogP contribution in [-0.2, 0) is 6.61 Å². The summed E-state index contributed by atoms with van der Waals surface area (Å²) in [7, 11) is 0. The summed E-state index contributed by atoms with van der Waals surface area (Å²) in [5, 5.41) is 15.6. The maximum absolute atomic E-state index is 16.8. The molecule has 0 saturated carbocycles. The molecule has 2 fully saturated rings. The van der Waals surface area contributed by atoms with Crippen molar-refractivity contribution in [3.63, 3.8) is 0 Å². The highest BCUT2D eigenvalue weighted by atomic mass is 19.1. The van der Waals surface area contributed by atoms with Gasteiger partial charge in [0.25, 0.3) is 0 Å². The summed E-state index contributed by atoms with van der Waals surface area (Å²) in [5.74, 6) is 2.15. The highest BCUT2D eigenvalue weighted by molar-refractivity contribution is 6.04. The maximum Gasteiger partial charge on any atom is 0.232 e. The molecule has 2 N–H and O–H groups in total. The molecule has 0 radical (unpaired) electrons. The lowest BCUT2D eigenvalue weighted by Gasteiger charge is -2.34. The van der Waals surface area contributed by atoms with E-state index in [0.717, 1.165) is 12.8 Å². The summed E-state index contributed by atoms with van der Waals surface area (Å²) >= 11 is 0. The van der Waals surface area contributed by atoms with Crippen LogP contribution >= 0.6 is 0 Å². The third kappa shape index (κ3) is 4.21. The number of oxazole rings is 1. The fourth-order valence-corrected chi connectivity index (χ4v) is 6.12. The number of hydrogen-bond acceptors (Lipinski definition) is 8. The van der Waals surface area contributed by atoms with Crippen molar-refractivity contribution in [2.24, 2.45) is 0 Å². The number of piperazine rings is 1. The molecule has 2 saturated heterocycles. The van der Waals surface area contributed by atoms with Crippen LogP contribution in [0.4, 0.5) is 14.6 Å². The fraction of sp³-hybridized carbons (Fsp3) is 0.258. The summed E-state index contributed by atoms with van der Waals surface area (Å²) in [6, 6.07) is 6.16. The summed E-state index contributed by atoms with van der Waals surface area (Å²) in [6.07, 6.45) is 12.3. The first-order valence-corrected chi connectivity index (χ1v) is 13.3. The van der Waals surface area contributed by atoms with Gasteiger partial charge in [-0.25, -0.2) is 13.8 Å². The molecule has 10 heteroatoms. The highest BCUT2D eigenvalue weighted by Crippen LogP contribution is 2.41. The fourth-order valence-electron chi connectivity index (χ4n) is 6.12. The molecule has 2 aliphatic rings. The number of aromatic hydroxyl groups is 1. The molecule has 2 aliphatic heterocycles. The third-order valence-corrected chi connectivity index (χ3v) is 7.95. The largest absolute Gasteiger partial charge is 0.508 e. The van der Waals surface area contributed by atoms with Gasteiger partial charge < -0.3 is 24.5 Å². The monoisotopic (exact) mass is 553 g/mol. The number of benzene rings is 2. The number of rotatable bonds is 5. The van der Waals surface area contributed by atoms with Crippen molar-refractivity contribution in [3.05, 3.63) is 71.6 Å². The Hall–Kier alpha value is -4.75. The van der Waals surface area contributed by atoms with Crippen molar-refractivity contribution in [2.75, 3.05) is 18.0 Å². The molecule has 0 amide bonds. The van der Waals surface area contributed by atoms with Crippen LogP contribution in [-0.4, -0.2) is 45.2 Å².